The third-order valence-corrected chi connectivity index (χ3v) is 10.9. The molecular weight excluding hydrogens is 450 g/mol. The summed E-state index contributed by atoms with van der Waals surface area (Å²) in [5, 5.41) is 2.07. The number of nitrogens with zero attached hydrogens (tertiary/aromatic N) is 3. The first-order chi connectivity index (χ1) is 15.4. The van der Waals surface area contributed by atoms with Gasteiger partial charge in [0.15, 0.2) is 0 Å². The van der Waals surface area contributed by atoms with Crippen LogP contribution in [0, 0.1) is 18.6 Å². The number of amidine groups is 1. The Hall–Kier alpha value is -2.79. The highest BCUT2D eigenvalue weighted by molar-refractivity contribution is 8.04. The van der Waals surface area contributed by atoms with E-state index in [-0.39, 0.29) is 23.0 Å². The summed E-state index contributed by atoms with van der Waals surface area (Å²) in [6, 6.07) is 3.69. The predicted octanol–water partition coefficient (Wildman–Crippen LogP) is 2.36. The number of pyridine rings is 2. The number of carbonyl (C=O) groups is 1. The normalized spacial score (nSPS) is 26.6. The van der Waals surface area contributed by atoms with Crippen molar-refractivity contribution in [1.29, 1.82) is 0 Å². The van der Waals surface area contributed by atoms with E-state index in [0.717, 1.165) is 12.6 Å². The monoisotopic (exact) mass is 478 g/mol. The number of hydrogen-bond donors (Lipinski definition) is 4. The first-order valence-electron chi connectivity index (χ1n) is 10.7. The van der Waals surface area contributed by atoms with Gasteiger partial charge in [0.25, 0.3) is 5.91 Å². The maximum atomic E-state index is 15.1. The molecule has 8 nitrogen and oxygen atoms in total. The SMILES string of the molecule is Cc1cc(F)cnc1C(=O)Nc1ccc(F)c([C@@]2(C)N=C(N)C(C)(C)[SH]3(=O)NCCC[C@H]23)n1. The molecule has 0 spiro atoms. The number of fused-ring (bicyclic) bond motifs is 1. The lowest BCUT2D eigenvalue weighted by atomic mass is 9.89. The van der Waals surface area contributed by atoms with E-state index in [4.69, 9.17) is 5.73 Å². The summed E-state index contributed by atoms with van der Waals surface area (Å²) in [6.45, 7) is 7.40. The first-order valence-corrected chi connectivity index (χ1v) is 12.5. The molecule has 4 rings (SSSR count). The molecule has 0 unspecified atom stereocenters. The second-order valence-corrected chi connectivity index (χ2v) is 12.6. The van der Waals surface area contributed by atoms with Crippen LogP contribution in [0.15, 0.2) is 29.4 Å². The number of hydrogen-bond acceptors (Lipinski definition) is 6. The van der Waals surface area contributed by atoms with Crippen LogP contribution < -0.4 is 15.8 Å². The number of amides is 1. The van der Waals surface area contributed by atoms with E-state index in [1.807, 2.05) is 0 Å². The Labute approximate surface area is 192 Å². The van der Waals surface area contributed by atoms with Crippen molar-refractivity contribution in [1.82, 2.24) is 14.7 Å². The first kappa shape index (κ1) is 23.4. The number of nitrogens with one attached hydrogen (secondary N) is 2. The number of aryl methyl sites for hydroxylation is 1. The van der Waals surface area contributed by atoms with Gasteiger partial charge in [0.1, 0.15) is 40.2 Å². The Morgan fingerprint density at radius 1 is 1.30 bits per heavy atom. The highest BCUT2D eigenvalue weighted by Crippen LogP contribution is 2.48. The summed E-state index contributed by atoms with van der Waals surface area (Å²) >= 11 is 0. The number of anilines is 1. The molecule has 1 fully saturated rings. The van der Waals surface area contributed by atoms with Gasteiger partial charge in [0.2, 0.25) is 0 Å². The topological polar surface area (TPSA) is 122 Å². The van der Waals surface area contributed by atoms with Gasteiger partial charge in [-0.2, -0.15) is 0 Å². The van der Waals surface area contributed by atoms with Crippen LogP contribution in [0.5, 0.6) is 0 Å². The number of nitrogens with two attached hydrogens (primary N) is 1. The van der Waals surface area contributed by atoms with Gasteiger partial charge in [0.05, 0.1) is 16.2 Å². The quantitative estimate of drug-likeness (QED) is 0.505. The van der Waals surface area contributed by atoms with Crippen LogP contribution in [-0.2, 0) is 15.7 Å². The Kier molecular flexibility index (Phi) is 5.60. The Morgan fingerprint density at radius 2 is 2.03 bits per heavy atom. The zero-order valence-electron chi connectivity index (χ0n) is 18.9. The van der Waals surface area contributed by atoms with Crippen molar-refractivity contribution < 1.29 is 17.8 Å². The molecule has 4 N–H and O–H groups in total. The molecule has 33 heavy (non-hydrogen) atoms. The van der Waals surface area contributed by atoms with E-state index in [9.17, 15) is 13.4 Å². The smallest absolute Gasteiger partial charge is 0.275 e. The average Bonchev–Trinajstić information content (AvgIpc) is 2.74. The molecule has 2 aromatic rings. The molecule has 2 aliphatic rings. The van der Waals surface area contributed by atoms with Crippen LogP contribution in [-0.4, -0.2) is 42.5 Å². The van der Waals surface area contributed by atoms with Crippen molar-refractivity contribution in [2.75, 3.05) is 11.9 Å². The lowest BCUT2D eigenvalue weighted by Crippen LogP contribution is -2.69. The molecule has 0 aliphatic carbocycles. The fraction of sp³-hybridized carbons (Fsp3) is 0.455. The molecule has 11 heteroatoms. The average molecular weight is 479 g/mol. The lowest BCUT2D eigenvalue weighted by molar-refractivity contribution is 0.102. The standard InChI is InChI=1S/C22H28F2N6O2S/c1-12-10-13(23)11-26-17(12)19(31)29-16-8-7-14(24)18(28-16)22(4)15-6-5-9-27-33(15,32)21(2,3)20(25)30-22/h7-8,10-11,15,33H,5-6,9H2,1-4H3,(H2,25,30)(H,27,32)(H,28,29,31)/t15-,22+/m1/s1. The molecule has 2 aliphatic heterocycles. The molecule has 1 amide bonds. The molecule has 2 atom stereocenters. The van der Waals surface area contributed by atoms with Crippen LogP contribution in [0.2, 0.25) is 0 Å². The number of carbonyl (C=O) groups excluding carboxylic acids is 1. The lowest BCUT2D eigenvalue weighted by Gasteiger charge is -2.55. The molecule has 0 bridgehead atoms. The van der Waals surface area contributed by atoms with Gasteiger partial charge in [-0.1, -0.05) is 0 Å². The second kappa shape index (κ2) is 7.91. The summed E-state index contributed by atoms with van der Waals surface area (Å²) in [5.74, 6) is -1.57. The van der Waals surface area contributed by atoms with Crippen LogP contribution in [0.25, 0.3) is 0 Å². The minimum atomic E-state index is -3.13. The van der Waals surface area contributed by atoms with E-state index in [1.165, 1.54) is 18.2 Å². The van der Waals surface area contributed by atoms with Gasteiger partial charge in [-0.3, -0.25) is 18.7 Å². The van der Waals surface area contributed by atoms with Gasteiger partial charge in [-0.15, -0.1) is 0 Å². The second-order valence-electron chi connectivity index (χ2n) is 9.23. The van der Waals surface area contributed by atoms with Crippen LogP contribution in [0.1, 0.15) is 55.4 Å². The molecule has 2 aromatic heterocycles. The molecule has 178 valence electrons. The highest BCUT2D eigenvalue weighted by atomic mass is 32.3. The fourth-order valence-corrected chi connectivity index (χ4v) is 8.43. The summed E-state index contributed by atoms with van der Waals surface area (Å²) in [5.41, 5.74) is 5.31. The van der Waals surface area contributed by atoms with E-state index >= 15 is 4.39 Å². The Bertz CT molecular complexity index is 1220. The summed E-state index contributed by atoms with van der Waals surface area (Å²) in [7, 11) is -3.13. The van der Waals surface area contributed by atoms with Gasteiger partial charge in [0, 0.05) is 6.54 Å². The maximum absolute atomic E-state index is 15.1. The van der Waals surface area contributed by atoms with E-state index in [0.29, 0.717) is 18.5 Å². The van der Waals surface area contributed by atoms with E-state index in [1.54, 1.807) is 27.7 Å². The Morgan fingerprint density at radius 3 is 2.73 bits per heavy atom. The van der Waals surface area contributed by atoms with Gasteiger partial charge < -0.3 is 11.1 Å². The Balaban J connectivity index is 1.76. The zero-order valence-corrected chi connectivity index (χ0v) is 19.8. The van der Waals surface area contributed by atoms with Gasteiger partial charge in [-0.05, 0) is 74.4 Å². The number of rotatable bonds is 3. The van der Waals surface area contributed by atoms with Crippen LogP contribution in [0.4, 0.5) is 14.6 Å². The van der Waals surface area contributed by atoms with E-state index in [2.05, 4.69) is 25.0 Å². The van der Waals surface area contributed by atoms with Crippen LogP contribution >= 0.6 is 0 Å². The van der Waals surface area contributed by atoms with E-state index < -0.39 is 43.2 Å². The van der Waals surface area contributed by atoms with Crippen molar-refractivity contribution in [3.05, 3.63) is 53.0 Å². The number of aliphatic imine (C=N–C) groups is 1. The largest absolute Gasteiger partial charge is 0.386 e. The van der Waals surface area contributed by atoms with Gasteiger partial charge in [-0.25, -0.2) is 18.7 Å². The molecule has 1 saturated heterocycles. The van der Waals surface area contributed by atoms with Crippen molar-refractivity contribution in [3.63, 3.8) is 0 Å². The number of halogens is 2. The van der Waals surface area contributed by atoms with Crippen LogP contribution in [0.3, 0.4) is 0 Å². The number of aromatic nitrogens is 2. The molecule has 0 saturated carbocycles. The zero-order chi connectivity index (χ0) is 24.2. The van der Waals surface area contributed by atoms with Crippen molar-refractivity contribution in [3.8, 4) is 0 Å². The number of thiol groups is 1. The minimum Gasteiger partial charge on any atom is -0.386 e. The highest BCUT2D eigenvalue weighted by Gasteiger charge is 2.57. The minimum absolute atomic E-state index is 0.0259. The fourth-order valence-electron chi connectivity index (χ4n) is 4.72. The van der Waals surface area contributed by atoms with Gasteiger partial charge >= 0.3 is 0 Å². The maximum Gasteiger partial charge on any atom is 0.275 e. The summed E-state index contributed by atoms with van der Waals surface area (Å²) < 4.78 is 44.9. The predicted molar refractivity (Wildman–Crippen MR) is 125 cm³/mol. The van der Waals surface area contributed by atoms with Crippen molar-refractivity contribution in [2.45, 2.75) is 56.1 Å². The molecule has 0 radical (unpaired) electrons. The molecular formula is C22H28F2N6O2S. The third kappa shape index (κ3) is 3.63. The summed E-state index contributed by atoms with van der Waals surface area (Å²) in [6.07, 6.45) is 2.27. The van der Waals surface area contributed by atoms with Crippen molar-refractivity contribution >= 4 is 27.7 Å². The summed E-state index contributed by atoms with van der Waals surface area (Å²) in [4.78, 5) is 25.5. The van der Waals surface area contributed by atoms with Crippen molar-refractivity contribution in [2.24, 2.45) is 10.7 Å². The molecule has 0 aromatic carbocycles. The third-order valence-electron chi connectivity index (χ3n) is 6.73. The molecule has 4 heterocycles.